The SMILES string of the molecule is CCc1cccc2c(C(CC(=O)NC3CCN(Cc4ccccc4)CC3)c3cccc(OC)c3OC)c[nH]c12. The monoisotopic (exact) mass is 525 g/mol. The van der Waals surface area contributed by atoms with Gasteiger partial charge in [-0.15, -0.1) is 0 Å². The molecule has 1 saturated heterocycles. The third kappa shape index (κ3) is 5.96. The summed E-state index contributed by atoms with van der Waals surface area (Å²) in [6.45, 7) is 5.08. The van der Waals surface area contributed by atoms with E-state index in [0.717, 1.165) is 60.9 Å². The Kier molecular flexibility index (Phi) is 8.52. The minimum absolute atomic E-state index is 0.0624. The van der Waals surface area contributed by atoms with Crippen LogP contribution < -0.4 is 14.8 Å². The molecule has 1 atom stereocenters. The van der Waals surface area contributed by atoms with Gasteiger partial charge in [-0.25, -0.2) is 0 Å². The average Bonchev–Trinajstić information content (AvgIpc) is 3.41. The molecular weight excluding hydrogens is 486 g/mol. The summed E-state index contributed by atoms with van der Waals surface area (Å²) >= 11 is 0. The number of ether oxygens (including phenoxy) is 2. The van der Waals surface area contributed by atoms with Gasteiger partial charge in [0, 0.05) is 60.7 Å². The second-order valence-electron chi connectivity index (χ2n) is 10.4. The molecule has 0 spiro atoms. The predicted octanol–water partition coefficient (Wildman–Crippen LogP) is 6.05. The second kappa shape index (κ2) is 12.4. The molecule has 2 heterocycles. The van der Waals surface area contributed by atoms with Crippen LogP contribution >= 0.6 is 0 Å². The van der Waals surface area contributed by atoms with Gasteiger partial charge in [0.2, 0.25) is 5.91 Å². The van der Waals surface area contributed by atoms with Crippen LogP contribution in [-0.2, 0) is 17.8 Å². The molecule has 39 heavy (non-hydrogen) atoms. The number of carbonyl (C=O) groups is 1. The number of nitrogens with zero attached hydrogens (tertiary/aromatic N) is 1. The third-order valence-corrected chi connectivity index (χ3v) is 7.99. The highest BCUT2D eigenvalue weighted by Crippen LogP contribution is 2.42. The quantitative estimate of drug-likeness (QED) is 0.265. The summed E-state index contributed by atoms with van der Waals surface area (Å²) in [7, 11) is 3.30. The molecule has 6 nitrogen and oxygen atoms in total. The number of fused-ring (bicyclic) bond motifs is 1. The summed E-state index contributed by atoms with van der Waals surface area (Å²) in [4.78, 5) is 19.5. The summed E-state index contributed by atoms with van der Waals surface area (Å²) in [6, 6.07) is 23.1. The largest absolute Gasteiger partial charge is 0.493 e. The maximum Gasteiger partial charge on any atom is 0.221 e. The van der Waals surface area contributed by atoms with Crippen molar-refractivity contribution in [2.75, 3.05) is 27.3 Å². The van der Waals surface area contributed by atoms with Gasteiger partial charge >= 0.3 is 0 Å². The molecule has 1 fully saturated rings. The number of amides is 1. The third-order valence-electron chi connectivity index (χ3n) is 7.99. The van der Waals surface area contributed by atoms with Crippen molar-refractivity contribution in [1.29, 1.82) is 0 Å². The molecule has 4 aromatic rings. The molecule has 1 aliphatic rings. The van der Waals surface area contributed by atoms with E-state index >= 15 is 0 Å². The van der Waals surface area contributed by atoms with E-state index < -0.39 is 0 Å². The predicted molar refractivity (Wildman–Crippen MR) is 157 cm³/mol. The van der Waals surface area contributed by atoms with Crippen LogP contribution in [0.4, 0.5) is 0 Å². The molecule has 1 aromatic heterocycles. The smallest absolute Gasteiger partial charge is 0.221 e. The minimum Gasteiger partial charge on any atom is -0.493 e. The zero-order chi connectivity index (χ0) is 27.2. The number of H-pyrrole nitrogens is 1. The van der Waals surface area contributed by atoms with Crippen molar-refractivity contribution in [2.24, 2.45) is 0 Å². The van der Waals surface area contributed by atoms with Crippen LogP contribution in [0.5, 0.6) is 11.5 Å². The maximum absolute atomic E-state index is 13.6. The van der Waals surface area contributed by atoms with Crippen molar-refractivity contribution in [2.45, 2.75) is 51.1 Å². The number of likely N-dealkylation sites (tertiary alicyclic amines) is 1. The van der Waals surface area contributed by atoms with E-state index in [0.29, 0.717) is 17.9 Å². The van der Waals surface area contributed by atoms with E-state index in [9.17, 15) is 4.79 Å². The van der Waals surface area contributed by atoms with Crippen LogP contribution in [0.3, 0.4) is 0 Å². The van der Waals surface area contributed by atoms with Gasteiger partial charge in [0.15, 0.2) is 11.5 Å². The molecule has 0 aliphatic carbocycles. The highest BCUT2D eigenvalue weighted by atomic mass is 16.5. The Balaban J connectivity index is 1.35. The number of para-hydroxylation sites is 2. The first-order valence-corrected chi connectivity index (χ1v) is 14.0. The molecule has 5 rings (SSSR count). The topological polar surface area (TPSA) is 66.6 Å². The van der Waals surface area contributed by atoms with Gasteiger partial charge in [0.1, 0.15) is 0 Å². The molecule has 204 valence electrons. The summed E-state index contributed by atoms with van der Waals surface area (Å²) in [5, 5.41) is 4.50. The lowest BCUT2D eigenvalue weighted by molar-refractivity contribution is -0.122. The highest BCUT2D eigenvalue weighted by molar-refractivity contribution is 5.88. The number of hydrogen-bond donors (Lipinski definition) is 2. The molecular formula is C33H39N3O3. The number of carbonyl (C=O) groups excluding carboxylic acids is 1. The molecule has 3 aromatic carbocycles. The number of aromatic amines is 1. The Bertz CT molecular complexity index is 1390. The molecule has 2 N–H and O–H groups in total. The van der Waals surface area contributed by atoms with Crippen LogP contribution in [0.2, 0.25) is 0 Å². The number of rotatable bonds is 10. The van der Waals surface area contributed by atoms with Crippen molar-refractivity contribution in [3.63, 3.8) is 0 Å². The van der Waals surface area contributed by atoms with Crippen molar-refractivity contribution in [3.05, 3.63) is 95.2 Å². The first-order valence-electron chi connectivity index (χ1n) is 14.0. The van der Waals surface area contributed by atoms with Crippen molar-refractivity contribution >= 4 is 16.8 Å². The van der Waals surface area contributed by atoms with Crippen LogP contribution in [0, 0.1) is 0 Å². The number of aryl methyl sites for hydroxylation is 1. The molecule has 0 saturated carbocycles. The number of methoxy groups -OCH3 is 2. The summed E-state index contributed by atoms with van der Waals surface area (Å²) in [5.41, 5.74) is 5.78. The highest BCUT2D eigenvalue weighted by Gasteiger charge is 2.28. The Hall–Kier alpha value is -3.77. The van der Waals surface area contributed by atoms with Gasteiger partial charge in [0.25, 0.3) is 0 Å². The van der Waals surface area contributed by atoms with E-state index in [2.05, 4.69) is 76.9 Å². The lowest BCUT2D eigenvalue weighted by Crippen LogP contribution is -2.44. The second-order valence-corrected chi connectivity index (χ2v) is 10.4. The number of nitrogens with one attached hydrogen (secondary N) is 2. The fourth-order valence-electron chi connectivity index (χ4n) is 5.94. The molecule has 0 bridgehead atoms. The van der Waals surface area contributed by atoms with Crippen LogP contribution in [-0.4, -0.2) is 49.1 Å². The van der Waals surface area contributed by atoms with E-state index in [-0.39, 0.29) is 17.9 Å². The van der Waals surface area contributed by atoms with Crippen molar-refractivity contribution < 1.29 is 14.3 Å². The minimum atomic E-state index is -0.186. The van der Waals surface area contributed by atoms with Gasteiger partial charge in [-0.05, 0) is 42.0 Å². The molecule has 6 heteroatoms. The normalized spacial score (nSPS) is 15.3. The van der Waals surface area contributed by atoms with Crippen LogP contribution in [0.25, 0.3) is 10.9 Å². The Morgan fingerprint density at radius 3 is 2.46 bits per heavy atom. The van der Waals surface area contributed by atoms with Crippen molar-refractivity contribution in [3.8, 4) is 11.5 Å². The first kappa shape index (κ1) is 26.8. The summed E-state index contributed by atoms with van der Waals surface area (Å²) in [5.74, 6) is 1.22. The number of aromatic nitrogens is 1. The maximum atomic E-state index is 13.6. The lowest BCUT2D eigenvalue weighted by atomic mass is 9.86. The zero-order valence-corrected chi connectivity index (χ0v) is 23.2. The molecule has 0 radical (unpaired) electrons. The zero-order valence-electron chi connectivity index (χ0n) is 23.2. The Labute approximate surface area is 231 Å². The Morgan fingerprint density at radius 1 is 0.974 bits per heavy atom. The van der Waals surface area contributed by atoms with Gasteiger partial charge < -0.3 is 19.8 Å². The van der Waals surface area contributed by atoms with Gasteiger partial charge in [-0.1, -0.05) is 67.6 Å². The summed E-state index contributed by atoms with van der Waals surface area (Å²) < 4.78 is 11.4. The first-order chi connectivity index (χ1) is 19.1. The van der Waals surface area contributed by atoms with E-state index in [1.165, 1.54) is 11.1 Å². The van der Waals surface area contributed by atoms with Crippen LogP contribution in [0.15, 0.2) is 72.9 Å². The lowest BCUT2D eigenvalue weighted by Gasteiger charge is -2.32. The van der Waals surface area contributed by atoms with Gasteiger partial charge in [0.05, 0.1) is 14.2 Å². The number of benzene rings is 3. The Morgan fingerprint density at radius 2 is 1.74 bits per heavy atom. The van der Waals surface area contributed by atoms with Crippen LogP contribution in [0.1, 0.15) is 54.4 Å². The fourth-order valence-corrected chi connectivity index (χ4v) is 5.94. The fraction of sp³-hybridized carbons (Fsp3) is 0.364. The summed E-state index contributed by atoms with van der Waals surface area (Å²) in [6.07, 6.45) is 5.24. The van der Waals surface area contributed by atoms with Gasteiger partial charge in [-0.2, -0.15) is 0 Å². The average molecular weight is 526 g/mol. The van der Waals surface area contributed by atoms with Crippen molar-refractivity contribution in [1.82, 2.24) is 15.2 Å². The molecule has 1 unspecified atom stereocenters. The molecule has 1 amide bonds. The number of hydrogen-bond acceptors (Lipinski definition) is 4. The van der Waals surface area contributed by atoms with E-state index in [1.54, 1.807) is 14.2 Å². The standard InChI is InChI=1S/C33H39N3O3/c1-4-24-12-8-13-26-29(21-34-32(24)26)28(27-14-9-15-30(38-2)33(27)39-3)20-31(37)35-25-16-18-36(19-17-25)22-23-10-6-5-7-11-23/h5-15,21,25,28,34H,4,16-20,22H2,1-3H3,(H,35,37). The van der Waals surface area contributed by atoms with Gasteiger partial charge in [-0.3, -0.25) is 9.69 Å². The van der Waals surface area contributed by atoms with E-state index in [1.807, 2.05) is 18.2 Å². The number of piperidine rings is 1. The van der Waals surface area contributed by atoms with E-state index in [4.69, 9.17) is 9.47 Å². The molecule has 1 aliphatic heterocycles.